The van der Waals surface area contributed by atoms with Gasteiger partial charge in [-0.05, 0) is 61.5 Å². The summed E-state index contributed by atoms with van der Waals surface area (Å²) >= 11 is 6.00. The molecule has 0 saturated heterocycles. The summed E-state index contributed by atoms with van der Waals surface area (Å²) in [7, 11) is -0.909. The van der Waals surface area contributed by atoms with E-state index in [1.807, 2.05) is 42.5 Å². The number of methoxy groups -OCH3 is 1. The van der Waals surface area contributed by atoms with Crippen molar-refractivity contribution in [1.29, 1.82) is 0 Å². The Hall–Kier alpha value is -2.22. The van der Waals surface area contributed by atoms with Crippen LogP contribution in [0.15, 0.2) is 42.5 Å². The predicted molar refractivity (Wildman–Crippen MR) is 124 cm³/mol. The molecule has 0 heterocycles. The Morgan fingerprint density at radius 2 is 1.90 bits per heavy atom. The van der Waals surface area contributed by atoms with E-state index in [1.54, 1.807) is 21.0 Å². The third-order valence-electron chi connectivity index (χ3n) is 4.25. The molecule has 1 atom stereocenters. The maximum atomic E-state index is 12.4. The second-order valence-electron chi connectivity index (χ2n) is 7.64. The van der Waals surface area contributed by atoms with Gasteiger partial charge in [0.1, 0.15) is 12.1 Å². The van der Waals surface area contributed by atoms with Gasteiger partial charge in [0, 0.05) is 27.5 Å². The lowest BCUT2D eigenvalue weighted by Gasteiger charge is -2.25. The number of amides is 1. The van der Waals surface area contributed by atoms with E-state index in [1.165, 1.54) is 6.26 Å². The third kappa shape index (κ3) is 7.55. The molecule has 1 amide bonds. The molecule has 0 saturated carbocycles. The number of benzene rings is 2. The van der Waals surface area contributed by atoms with E-state index in [0.717, 1.165) is 11.1 Å². The van der Waals surface area contributed by atoms with Crippen molar-refractivity contribution in [1.82, 2.24) is 10.0 Å². The van der Waals surface area contributed by atoms with Crippen molar-refractivity contribution < 1.29 is 18.5 Å². The summed E-state index contributed by atoms with van der Waals surface area (Å²) in [6.45, 7) is 4.15. The first-order valence-electron chi connectivity index (χ1n) is 9.44. The van der Waals surface area contributed by atoms with Gasteiger partial charge in [-0.25, -0.2) is 4.72 Å². The Morgan fingerprint density at radius 1 is 1.17 bits per heavy atom. The van der Waals surface area contributed by atoms with Crippen LogP contribution in [0.3, 0.4) is 0 Å². The van der Waals surface area contributed by atoms with Crippen LogP contribution in [0.5, 0.6) is 11.5 Å². The number of ether oxygens (including phenoxy) is 2. The molecule has 30 heavy (non-hydrogen) atoms. The number of hydrogen-bond donors (Lipinski definition) is 2. The van der Waals surface area contributed by atoms with Crippen LogP contribution in [0, 0.1) is 0 Å². The Kier molecular flexibility index (Phi) is 8.18. The van der Waals surface area contributed by atoms with Crippen molar-refractivity contribution in [3.8, 4) is 11.5 Å². The number of carbonyl (C=O) groups is 1. The normalized spacial score (nSPS) is 13.4. The molecule has 0 aliphatic rings. The molecule has 0 bridgehead atoms. The summed E-state index contributed by atoms with van der Waals surface area (Å²) in [5.74, 6) is 4.54. The molecule has 0 aliphatic carbocycles. The van der Waals surface area contributed by atoms with E-state index in [4.69, 9.17) is 21.1 Å². The zero-order valence-electron chi connectivity index (χ0n) is 17.8. The summed E-state index contributed by atoms with van der Waals surface area (Å²) in [6.07, 6.45) is 2.07. The van der Waals surface area contributed by atoms with Crippen LogP contribution in [0.1, 0.15) is 25.0 Å². The van der Waals surface area contributed by atoms with Gasteiger partial charge in [0.05, 0.1) is 7.11 Å². The number of nitrogens with one attached hydrogen (secondary N) is 2. The van der Waals surface area contributed by atoms with Gasteiger partial charge >= 0.3 is 0 Å². The van der Waals surface area contributed by atoms with Crippen molar-refractivity contribution >= 4 is 33.1 Å². The second kappa shape index (κ2) is 10.2. The second-order valence-corrected chi connectivity index (χ2v) is 10.3. The maximum absolute atomic E-state index is 12.4. The van der Waals surface area contributed by atoms with Crippen LogP contribution >= 0.6 is 11.6 Å². The molecule has 8 heteroatoms. The molecule has 2 rings (SSSR count). The fourth-order valence-electron chi connectivity index (χ4n) is 2.90. The summed E-state index contributed by atoms with van der Waals surface area (Å²) in [5, 5.41) is 3.52. The molecular weight excluding hydrogens is 424 g/mol. The quantitative estimate of drug-likeness (QED) is 0.543. The van der Waals surface area contributed by atoms with Crippen molar-refractivity contribution in [2.45, 2.75) is 32.4 Å². The van der Waals surface area contributed by atoms with Crippen molar-refractivity contribution in [2.24, 2.45) is 0 Å². The highest BCUT2D eigenvalue weighted by atomic mass is 35.5. The average Bonchev–Trinajstić information content (AvgIpc) is 2.64. The smallest absolute Gasteiger partial charge is 0.240 e. The minimum atomic E-state index is -2.49. The summed E-state index contributed by atoms with van der Waals surface area (Å²) in [5.41, 5.74) is 0.971. The highest BCUT2D eigenvalue weighted by Gasteiger charge is 2.28. The van der Waals surface area contributed by atoms with Crippen molar-refractivity contribution in [2.75, 3.05) is 19.9 Å². The zero-order valence-corrected chi connectivity index (χ0v) is 19.4. The van der Waals surface area contributed by atoms with Gasteiger partial charge in [-0.15, -0.1) is 0 Å². The Morgan fingerprint density at radius 3 is 2.53 bits per heavy atom. The highest BCUT2D eigenvalue weighted by Crippen LogP contribution is 2.29. The van der Waals surface area contributed by atoms with Crippen molar-refractivity contribution in [3.63, 3.8) is 0 Å². The molecule has 0 aromatic heterocycles. The summed E-state index contributed by atoms with van der Waals surface area (Å²) in [4.78, 5) is 12.4. The van der Waals surface area contributed by atoms with E-state index in [2.05, 4.69) is 15.9 Å². The number of hydrogen-bond acceptors (Lipinski definition) is 4. The fraction of sp³-hybridized carbons (Fsp3) is 0.364. The molecule has 0 fully saturated rings. The molecule has 0 aliphatic heterocycles. The molecule has 1 unspecified atom stereocenters. The van der Waals surface area contributed by atoms with Crippen LogP contribution in [0.4, 0.5) is 0 Å². The minimum absolute atomic E-state index is 0.242. The molecular formula is C22H29ClN2O4S. The highest BCUT2D eigenvalue weighted by molar-refractivity contribution is 7.97. The molecule has 2 aromatic rings. The van der Waals surface area contributed by atoms with Gasteiger partial charge in [-0.3, -0.25) is 9.00 Å². The summed E-state index contributed by atoms with van der Waals surface area (Å²) in [6, 6.07) is 13.2. The SMILES string of the molecule is C=S(C)(=O)NC(C)(C)C(=O)NCCc1ccc(OCc2cccc(Cl)c2)c(OC)c1. The zero-order chi connectivity index (χ0) is 22.4. The molecule has 0 spiro atoms. The van der Waals surface area contributed by atoms with Crippen LogP contribution in [-0.2, 0) is 27.5 Å². The lowest BCUT2D eigenvalue weighted by atomic mass is 10.1. The van der Waals surface area contributed by atoms with Crippen molar-refractivity contribution in [3.05, 3.63) is 58.6 Å². The first kappa shape index (κ1) is 24.1. The van der Waals surface area contributed by atoms with E-state index >= 15 is 0 Å². The molecule has 2 aromatic carbocycles. The topological polar surface area (TPSA) is 76.7 Å². The van der Waals surface area contributed by atoms with Gasteiger partial charge in [0.25, 0.3) is 0 Å². The Bertz CT molecular complexity index is 990. The summed E-state index contributed by atoms with van der Waals surface area (Å²) < 4.78 is 25.9. The van der Waals surface area contributed by atoms with E-state index < -0.39 is 15.2 Å². The fourth-order valence-corrected chi connectivity index (χ4v) is 4.29. The molecule has 0 radical (unpaired) electrons. The lowest BCUT2D eigenvalue weighted by molar-refractivity contribution is -0.125. The predicted octanol–water partition coefficient (Wildman–Crippen LogP) is 3.22. The van der Waals surface area contributed by atoms with E-state index in [9.17, 15) is 9.00 Å². The Balaban J connectivity index is 1.93. The van der Waals surface area contributed by atoms with Gasteiger partial charge in [-0.2, -0.15) is 0 Å². The Labute approximate surface area is 184 Å². The molecule has 164 valence electrons. The molecule has 2 N–H and O–H groups in total. The monoisotopic (exact) mass is 452 g/mol. The van der Waals surface area contributed by atoms with Gasteiger partial charge in [0.2, 0.25) is 5.91 Å². The minimum Gasteiger partial charge on any atom is -0.493 e. The van der Waals surface area contributed by atoms with Gasteiger partial charge in [0.15, 0.2) is 11.5 Å². The van der Waals surface area contributed by atoms with Gasteiger partial charge < -0.3 is 14.8 Å². The van der Waals surface area contributed by atoms with Gasteiger partial charge in [-0.1, -0.05) is 29.8 Å². The number of rotatable bonds is 10. The first-order chi connectivity index (χ1) is 14.0. The van der Waals surface area contributed by atoms with E-state index in [-0.39, 0.29) is 5.91 Å². The molecule has 6 nitrogen and oxygen atoms in total. The first-order valence-corrected chi connectivity index (χ1v) is 11.9. The van der Waals surface area contributed by atoms with Crippen LogP contribution in [0.2, 0.25) is 5.02 Å². The van der Waals surface area contributed by atoms with E-state index in [0.29, 0.717) is 36.1 Å². The van der Waals surface area contributed by atoms with Crippen LogP contribution < -0.4 is 19.5 Å². The standard InChI is InChI=1S/C22H29ClN2O4S/c1-22(2,25-30(4,5)27)21(26)24-12-11-16-9-10-19(20(14-16)28-3)29-15-17-7-6-8-18(23)13-17/h6-10,13-14H,4,11-12,15H2,1-3,5H3,(H,24,26)(H,25,27). The number of carbonyl (C=O) groups excluding carboxylic acids is 1. The lowest BCUT2D eigenvalue weighted by Crippen LogP contribution is -2.54. The van der Waals surface area contributed by atoms with Crippen LogP contribution in [0.25, 0.3) is 0 Å². The van der Waals surface area contributed by atoms with Crippen LogP contribution in [-0.4, -0.2) is 41.4 Å². The average molecular weight is 453 g/mol. The third-order valence-corrected chi connectivity index (χ3v) is 5.43. The number of halogens is 1. The largest absolute Gasteiger partial charge is 0.493 e. The maximum Gasteiger partial charge on any atom is 0.240 e.